The summed E-state index contributed by atoms with van der Waals surface area (Å²) in [5.41, 5.74) is 0.803. The van der Waals surface area contributed by atoms with Gasteiger partial charge in [0.25, 0.3) is 0 Å². The molecule has 150 valence electrons. The Morgan fingerprint density at radius 2 is 2.14 bits per heavy atom. The van der Waals surface area contributed by atoms with E-state index in [0.717, 1.165) is 0 Å². The predicted octanol–water partition coefficient (Wildman–Crippen LogP) is 3.87. The number of hydrogen-bond acceptors (Lipinski definition) is 6. The maximum atomic E-state index is 12.5. The van der Waals surface area contributed by atoms with Crippen molar-refractivity contribution >= 4 is 18.1 Å². The van der Waals surface area contributed by atoms with Crippen LogP contribution in [0.4, 0.5) is 13.2 Å². The fraction of sp³-hybridized carbons (Fsp3) is 0.333. The van der Waals surface area contributed by atoms with Crippen molar-refractivity contribution in [3.8, 4) is 5.75 Å². The molecular formula is C18H20F3N5O2. The molecule has 2 aromatic rings. The van der Waals surface area contributed by atoms with Crippen LogP contribution in [0, 0.1) is 0 Å². The van der Waals surface area contributed by atoms with E-state index in [-0.39, 0.29) is 24.0 Å². The smallest absolute Gasteiger partial charge is 0.387 e. The largest absolute Gasteiger partial charge is 0.476 e. The zero-order valence-corrected chi connectivity index (χ0v) is 15.4. The van der Waals surface area contributed by atoms with Gasteiger partial charge in [0.15, 0.2) is 12.5 Å². The Morgan fingerprint density at radius 1 is 1.32 bits per heavy atom. The Hall–Kier alpha value is -3.17. The highest BCUT2D eigenvalue weighted by Gasteiger charge is 2.12. The molecule has 1 heterocycles. The molecule has 0 aliphatic heterocycles. The van der Waals surface area contributed by atoms with E-state index in [1.54, 1.807) is 26.0 Å². The first-order valence-electron chi connectivity index (χ1n) is 8.45. The number of ether oxygens (including phenoxy) is 2. The normalized spacial score (nSPS) is 12.8. The van der Waals surface area contributed by atoms with E-state index in [1.165, 1.54) is 35.6 Å². The standard InChI is InChI=1S/C18H20F3N5O2/c1-3-22-17(27-4-2)16(13-6-5-7-14(10-13)28-18(20)21)23-8-9-26-12-24-15(11-19)25-26/h3,5-8,10,12,18H,4,9,11H2,1-2H3/b17-16+,22-3-,23-8+. The van der Waals surface area contributed by atoms with Gasteiger partial charge in [0, 0.05) is 18.0 Å². The molecule has 28 heavy (non-hydrogen) atoms. The fourth-order valence-electron chi connectivity index (χ4n) is 2.19. The molecule has 0 saturated carbocycles. The third-order valence-electron chi connectivity index (χ3n) is 3.26. The average molecular weight is 395 g/mol. The van der Waals surface area contributed by atoms with Gasteiger partial charge in [-0.25, -0.2) is 19.0 Å². The number of hydrogen-bond donors (Lipinski definition) is 0. The molecule has 0 bridgehead atoms. The molecule has 0 saturated heterocycles. The van der Waals surface area contributed by atoms with Crippen molar-refractivity contribution < 1.29 is 22.6 Å². The molecule has 1 aromatic heterocycles. The molecular weight excluding hydrogens is 375 g/mol. The lowest BCUT2D eigenvalue weighted by Gasteiger charge is -2.11. The first-order valence-corrected chi connectivity index (χ1v) is 8.45. The van der Waals surface area contributed by atoms with Crippen molar-refractivity contribution in [3.05, 3.63) is 47.9 Å². The quantitative estimate of drug-likeness (QED) is 0.452. The Labute approximate surface area is 160 Å². The minimum Gasteiger partial charge on any atom is -0.476 e. The summed E-state index contributed by atoms with van der Waals surface area (Å²) in [5, 5.41) is 3.92. The van der Waals surface area contributed by atoms with Crippen LogP contribution in [0.25, 0.3) is 5.70 Å². The highest BCUT2D eigenvalue weighted by atomic mass is 19.3. The summed E-state index contributed by atoms with van der Waals surface area (Å²) in [5.74, 6) is 0.283. The van der Waals surface area contributed by atoms with E-state index in [9.17, 15) is 13.2 Å². The SMILES string of the molecule is C\C=N/C(OCC)=C(\N=C\Cn1cnc(CF)n1)c1cccc(OC(F)F)c1. The maximum absolute atomic E-state index is 12.5. The molecule has 1 aromatic carbocycles. The molecule has 10 heteroatoms. The van der Waals surface area contributed by atoms with E-state index < -0.39 is 13.3 Å². The maximum Gasteiger partial charge on any atom is 0.387 e. The molecule has 0 unspecified atom stereocenters. The molecule has 0 aliphatic carbocycles. The van der Waals surface area contributed by atoms with Crippen molar-refractivity contribution in [1.29, 1.82) is 0 Å². The minimum absolute atomic E-state index is 0.0135. The minimum atomic E-state index is -2.94. The number of aromatic nitrogens is 3. The van der Waals surface area contributed by atoms with Gasteiger partial charge in [-0.2, -0.15) is 13.9 Å². The van der Waals surface area contributed by atoms with Crippen molar-refractivity contribution in [2.75, 3.05) is 6.61 Å². The second-order valence-corrected chi connectivity index (χ2v) is 5.21. The first kappa shape index (κ1) is 21.1. The zero-order valence-electron chi connectivity index (χ0n) is 15.4. The van der Waals surface area contributed by atoms with Crippen LogP contribution in [0.5, 0.6) is 5.75 Å². The van der Waals surface area contributed by atoms with E-state index >= 15 is 0 Å². The predicted molar refractivity (Wildman–Crippen MR) is 99.1 cm³/mol. The van der Waals surface area contributed by atoms with Crippen molar-refractivity contribution in [2.24, 2.45) is 9.98 Å². The molecule has 0 amide bonds. The molecule has 0 fully saturated rings. The average Bonchev–Trinajstić information content (AvgIpc) is 3.13. The van der Waals surface area contributed by atoms with Crippen molar-refractivity contribution in [1.82, 2.24) is 14.8 Å². The summed E-state index contributed by atoms with van der Waals surface area (Å²) < 4.78 is 49.0. The summed E-state index contributed by atoms with van der Waals surface area (Å²) in [6, 6.07) is 6.06. The van der Waals surface area contributed by atoms with Gasteiger partial charge in [-0.15, -0.1) is 0 Å². The number of nitrogens with zero attached hydrogens (tertiary/aromatic N) is 5. The van der Waals surface area contributed by atoms with Crippen molar-refractivity contribution in [3.63, 3.8) is 0 Å². The molecule has 0 N–H and O–H groups in total. The van der Waals surface area contributed by atoms with Gasteiger partial charge in [-0.05, 0) is 26.0 Å². The zero-order chi connectivity index (χ0) is 20.4. The molecule has 2 rings (SSSR count). The number of rotatable bonds is 10. The second kappa shape index (κ2) is 10.9. The van der Waals surface area contributed by atoms with Crippen LogP contribution in [0.15, 0.2) is 46.5 Å². The third kappa shape index (κ3) is 6.22. The van der Waals surface area contributed by atoms with Gasteiger partial charge < -0.3 is 9.47 Å². The lowest BCUT2D eigenvalue weighted by atomic mass is 10.1. The summed E-state index contributed by atoms with van der Waals surface area (Å²) >= 11 is 0. The van der Waals surface area contributed by atoms with Crippen LogP contribution in [0.1, 0.15) is 25.2 Å². The van der Waals surface area contributed by atoms with Crippen LogP contribution in [0.2, 0.25) is 0 Å². The fourth-order valence-corrected chi connectivity index (χ4v) is 2.19. The highest BCUT2D eigenvalue weighted by Crippen LogP contribution is 2.26. The lowest BCUT2D eigenvalue weighted by Crippen LogP contribution is -2.03. The van der Waals surface area contributed by atoms with E-state index in [2.05, 4.69) is 24.8 Å². The molecule has 0 aliphatic rings. The van der Waals surface area contributed by atoms with Gasteiger partial charge in [-0.3, -0.25) is 4.99 Å². The van der Waals surface area contributed by atoms with Crippen LogP contribution < -0.4 is 4.74 Å². The highest BCUT2D eigenvalue weighted by molar-refractivity contribution is 5.76. The Kier molecular flexibility index (Phi) is 8.19. The number of alkyl halides is 3. The molecule has 7 nitrogen and oxygen atoms in total. The van der Waals surface area contributed by atoms with E-state index in [1.807, 2.05) is 0 Å². The second-order valence-electron chi connectivity index (χ2n) is 5.21. The van der Waals surface area contributed by atoms with Gasteiger partial charge in [-0.1, -0.05) is 12.1 Å². The van der Waals surface area contributed by atoms with Crippen LogP contribution >= 0.6 is 0 Å². The van der Waals surface area contributed by atoms with Gasteiger partial charge >= 0.3 is 6.61 Å². The summed E-state index contributed by atoms with van der Waals surface area (Å²) in [6.45, 7) is 0.358. The number of halogens is 3. The van der Waals surface area contributed by atoms with Gasteiger partial charge in [0.1, 0.15) is 17.8 Å². The first-order chi connectivity index (χ1) is 13.6. The van der Waals surface area contributed by atoms with E-state index in [4.69, 9.17) is 4.74 Å². The van der Waals surface area contributed by atoms with Gasteiger partial charge in [0.2, 0.25) is 5.88 Å². The Balaban J connectivity index is 2.36. The van der Waals surface area contributed by atoms with Crippen molar-refractivity contribution in [2.45, 2.75) is 33.7 Å². The monoisotopic (exact) mass is 395 g/mol. The number of aliphatic imine (C=N–C) groups is 2. The third-order valence-corrected chi connectivity index (χ3v) is 3.26. The molecule has 0 radical (unpaired) electrons. The lowest BCUT2D eigenvalue weighted by molar-refractivity contribution is -0.0498. The van der Waals surface area contributed by atoms with Crippen LogP contribution in [-0.2, 0) is 18.0 Å². The summed E-state index contributed by atoms with van der Waals surface area (Å²) in [7, 11) is 0. The van der Waals surface area contributed by atoms with Crippen LogP contribution in [0.3, 0.4) is 0 Å². The Morgan fingerprint density at radius 3 is 2.79 bits per heavy atom. The summed E-state index contributed by atoms with van der Waals surface area (Å²) in [6.07, 6.45) is 4.43. The molecule has 0 atom stereocenters. The number of benzene rings is 1. The van der Waals surface area contributed by atoms with E-state index in [0.29, 0.717) is 17.9 Å². The van der Waals surface area contributed by atoms with Crippen LogP contribution in [-0.4, -0.2) is 40.4 Å². The molecule has 0 spiro atoms. The summed E-state index contributed by atoms with van der Waals surface area (Å²) in [4.78, 5) is 12.3. The topological polar surface area (TPSA) is 73.9 Å². The van der Waals surface area contributed by atoms with Gasteiger partial charge in [0.05, 0.1) is 13.2 Å². The Bertz CT molecular complexity index is 849.